The maximum atomic E-state index is 5.49. The lowest BCUT2D eigenvalue weighted by Crippen LogP contribution is -2.31. The van der Waals surface area contributed by atoms with Crippen LogP contribution >= 0.6 is 0 Å². The molecule has 4 heteroatoms. The predicted molar refractivity (Wildman–Crippen MR) is 43.0 cm³/mol. The van der Waals surface area contributed by atoms with E-state index in [1.54, 1.807) is 12.3 Å². The molecule has 12 heavy (non-hydrogen) atoms. The van der Waals surface area contributed by atoms with Crippen molar-refractivity contribution >= 4 is 5.82 Å². The minimum Gasteiger partial charge on any atom is -0.384 e. The summed E-state index contributed by atoms with van der Waals surface area (Å²) < 4.78 is 10.5. The Bertz CT molecular complexity index is 284. The largest absolute Gasteiger partial charge is 0.384 e. The van der Waals surface area contributed by atoms with E-state index in [1.165, 1.54) is 0 Å². The van der Waals surface area contributed by atoms with Crippen molar-refractivity contribution in [3.8, 4) is 0 Å². The van der Waals surface area contributed by atoms with Crippen molar-refractivity contribution in [2.24, 2.45) is 0 Å². The van der Waals surface area contributed by atoms with Crippen molar-refractivity contribution in [1.82, 2.24) is 4.98 Å². The van der Waals surface area contributed by atoms with Crippen LogP contribution < -0.4 is 5.73 Å². The van der Waals surface area contributed by atoms with Crippen LogP contribution in [0.15, 0.2) is 18.3 Å². The van der Waals surface area contributed by atoms with Gasteiger partial charge in [-0.15, -0.1) is 0 Å². The minimum atomic E-state index is -0.259. The summed E-state index contributed by atoms with van der Waals surface area (Å²) in [6.07, 6.45) is 1.27. The summed E-state index contributed by atoms with van der Waals surface area (Å²) in [7, 11) is 0. The van der Waals surface area contributed by atoms with Crippen LogP contribution in [0.1, 0.15) is 18.8 Å². The van der Waals surface area contributed by atoms with E-state index in [9.17, 15) is 0 Å². The third kappa shape index (κ3) is 1.26. The topological polar surface area (TPSA) is 57.4 Å². The van der Waals surface area contributed by atoms with Crippen molar-refractivity contribution in [3.05, 3.63) is 23.9 Å². The number of pyridine rings is 1. The van der Waals surface area contributed by atoms with Gasteiger partial charge in [0.15, 0.2) is 12.6 Å². The first kappa shape index (κ1) is 7.52. The van der Waals surface area contributed by atoms with Crippen molar-refractivity contribution < 1.29 is 9.47 Å². The maximum Gasteiger partial charge on any atom is 0.190 e. The van der Waals surface area contributed by atoms with Gasteiger partial charge in [0.25, 0.3) is 0 Å². The first-order valence-electron chi connectivity index (χ1n) is 3.78. The lowest BCUT2D eigenvalue weighted by molar-refractivity contribution is -0.382. The van der Waals surface area contributed by atoms with Crippen LogP contribution in [-0.2, 0) is 9.47 Å². The van der Waals surface area contributed by atoms with Gasteiger partial charge in [0.1, 0.15) is 5.82 Å². The zero-order valence-corrected chi connectivity index (χ0v) is 6.73. The van der Waals surface area contributed by atoms with Gasteiger partial charge in [0, 0.05) is 11.8 Å². The SMILES string of the molecule is CC1OC(c2ccnc(N)c2)O1. The fourth-order valence-corrected chi connectivity index (χ4v) is 1.13. The number of nitrogens with zero attached hydrogens (tertiary/aromatic N) is 1. The third-order valence-corrected chi connectivity index (χ3v) is 1.71. The lowest BCUT2D eigenvalue weighted by Gasteiger charge is -2.33. The van der Waals surface area contributed by atoms with Crippen molar-refractivity contribution in [3.63, 3.8) is 0 Å². The molecule has 2 N–H and O–H groups in total. The summed E-state index contributed by atoms with van der Waals surface area (Å²) in [6.45, 7) is 1.85. The Morgan fingerprint density at radius 2 is 2.25 bits per heavy atom. The number of ether oxygens (including phenoxy) is 2. The molecule has 2 rings (SSSR count). The number of anilines is 1. The molecule has 0 spiro atoms. The fourth-order valence-electron chi connectivity index (χ4n) is 1.13. The summed E-state index contributed by atoms with van der Waals surface area (Å²) in [6, 6.07) is 3.57. The van der Waals surface area contributed by atoms with Gasteiger partial charge in [0.2, 0.25) is 0 Å². The van der Waals surface area contributed by atoms with E-state index >= 15 is 0 Å². The van der Waals surface area contributed by atoms with Gasteiger partial charge in [-0.05, 0) is 19.1 Å². The molecule has 1 aromatic heterocycles. The number of nitrogens with two attached hydrogens (primary N) is 1. The highest BCUT2D eigenvalue weighted by Gasteiger charge is 2.28. The highest BCUT2D eigenvalue weighted by Crippen LogP contribution is 2.31. The van der Waals surface area contributed by atoms with E-state index in [-0.39, 0.29) is 12.6 Å². The summed E-state index contributed by atoms with van der Waals surface area (Å²) in [4.78, 5) is 3.87. The molecule has 1 aliphatic rings. The first-order chi connectivity index (χ1) is 5.75. The smallest absolute Gasteiger partial charge is 0.190 e. The molecule has 2 heterocycles. The highest BCUT2D eigenvalue weighted by atomic mass is 16.9. The van der Waals surface area contributed by atoms with Crippen molar-refractivity contribution in [2.45, 2.75) is 19.5 Å². The molecule has 64 valence electrons. The second-order valence-corrected chi connectivity index (χ2v) is 2.69. The Labute approximate surface area is 70.3 Å². The second kappa shape index (κ2) is 2.73. The predicted octanol–water partition coefficient (Wildman–Crippen LogP) is 1.06. The van der Waals surface area contributed by atoms with E-state index in [0.29, 0.717) is 5.82 Å². The van der Waals surface area contributed by atoms with Gasteiger partial charge in [-0.25, -0.2) is 4.98 Å². The molecule has 1 aliphatic heterocycles. The van der Waals surface area contributed by atoms with E-state index in [4.69, 9.17) is 15.2 Å². The van der Waals surface area contributed by atoms with Crippen LogP contribution in [0.25, 0.3) is 0 Å². The molecule has 0 unspecified atom stereocenters. The van der Waals surface area contributed by atoms with Gasteiger partial charge >= 0.3 is 0 Å². The average molecular weight is 166 g/mol. The van der Waals surface area contributed by atoms with E-state index in [0.717, 1.165) is 5.56 Å². The molecular formula is C8H10N2O2. The summed E-state index contributed by atoms with van der Waals surface area (Å²) in [5.41, 5.74) is 6.40. The molecule has 1 aromatic rings. The standard InChI is InChI=1S/C8H10N2O2/c1-5-11-8(12-5)6-2-3-10-7(9)4-6/h2-5,8H,1H3,(H2,9,10). The number of aromatic nitrogens is 1. The molecule has 0 amide bonds. The Hall–Kier alpha value is -1.13. The monoisotopic (exact) mass is 166 g/mol. The molecule has 4 nitrogen and oxygen atoms in total. The molecule has 0 bridgehead atoms. The molecule has 0 aliphatic carbocycles. The third-order valence-electron chi connectivity index (χ3n) is 1.71. The van der Waals surface area contributed by atoms with Gasteiger partial charge in [-0.1, -0.05) is 0 Å². The normalized spacial score (nSPS) is 28.1. The number of hydrogen-bond acceptors (Lipinski definition) is 4. The number of hydrogen-bond donors (Lipinski definition) is 1. The lowest BCUT2D eigenvalue weighted by atomic mass is 10.2. The maximum absolute atomic E-state index is 5.49. The van der Waals surface area contributed by atoms with Crippen LogP contribution in [-0.4, -0.2) is 11.3 Å². The zero-order valence-electron chi connectivity index (χ0n) is 6.73. The van der Waals surface area contributed by atoms with Gasteiger partial charge in [-0.3, -0.25) is 0 Å². The number of rotatable bonds is 1. The Morgan fingerprint density at radius 3 is 2.83 bits per heavy atom. The van der Waals surface area contributed by atoms with Crippen LogP contribution in [0.5, 0.6) is 0 Å². The average Bonchev–Trinajstić information content (AvgIpc) is 1.99. The van der Waals surface area contributed by atoms with Crippen LogP contribution in [0, 0.1) is 0 Å². The van der Waals surface area contributed by atoms with Gasteiger partial charge < -0.3 is 15.2 Å². The summed E-state index contributed by atoms with van der Waals surface area (Å²) in [5, 5.41) is 0. The zero-order chi connectivity index (χ0) is 8.55. The van der Waals surface area contributed by atoms with E-state index < -0.39 is 0 Å². The van der Waals surface area contributed by atoms with Gasteiger partial charge in [-0.2, -0.15) is 0 Å². The van der Waals surface area contributed by atoms with Crippen molar-refractivity contribution in [1.29, 1.82) is 0 Å². The molecule has 0 aromatic carbocycles. The van der Waals surface area contributed by atoms with Gasteiger partial charge in [0.05, 0.1) is 0 Å². The Balaban J connectivity index is 2.13. The highest BCUT2D eigenvalue weighted by molar-refractivity contribution is 5.32. The second-order valence-electron chi connectivity index (χ2n) is 2.69. The molecule has 0 atom stereocenters. The minimum absolute atomic E-state index is 0.107. The first-order valence-corrected chi connectivity index (χ1v) is 3.78. The Kier molecular flexibility index (Phi) is 1.71. The van der Waals surface area contributed by atoms with E-state index in [2.05, 4.69) is 4.98 Å². The van der Waals surface area contributed by atoms with Crippen LogP contribution in [0.4, 0.5) is 5.82 Å². The van der Waals surface area contributed by atoms with E-state index in [1.807, 2.05) is 13.0 Å². The van der Waals surface area contributed by atoms with Crippen LogP contribution in [0.2, 0.25) is 0 Å². The molecule has 1 fully saturated rings. The van der Waals surface area contributed by atoms with Crippen LogP contribution in [0.3, 0.4) is 0 Å². The quantitative estimate of drug-likeness (QED) is 0.677. The Morgan fingerprint density at radius 1 is 1.50 bits per heavy atom. The molecule has 1 saturated heterocycles. The summed E-state index contributed by atoms with van der Waals surface area (Å²) in [5.74, 6) is 0.485. The molecular weight excluding hydrogens is 156 g/mol. The number of nitrogen functional groups attached to an aromatic ring is 1. The molecule has 0 saturated carbocycles. The summed E-state index contributed by atoms with van der Waals surface area (Å²) >= 11 is 0. The molecule has 0 radical (unpaired) electrons. The fraction of sp³-hybridized carbons (Fsp3) is 0.375. The van der Waals surface area contributed by atoms with Crippen molar-refractivity contribution in [2.75, 3.05) is 5.73 Å².